The SMILES string of the molecule is CC[C@H](C)[C@H](N)CC(C)(C)C. The predicted molar refractivity (Wildman–Crippen MR) is 51.5 cm³/mol. The average molecular weight is 157 g/mol. The zero-order chi connectivity index (χ0) is 9.07. The Labute approximate surface area is 71.4 Å². The highest BCUT2D eigenvalue weighted by Crippen LogP contribution is 2.23. The first kappa shape index (κ1) is 11.0. The predicted octanol–water partition coefficient (Wildman–Crippen LogP) is 2.80. The number of rotatable bonds is 3. The van der Waals surface area contributed by atoms with Crippen molar-refractivity contribution in [3.8, 4) is 0 Å². The Balaban J connectivity index is 3.77. The van der Waals surface area contributed by atoms with Crippen LogP contribution >= 0.6 is 0 Å². The van der Waals surface area contributed by atoms with Crippen LogP contribution in [0.2, 0.25) is 0 Å². The van der Waals surface area contributed by atoms with Crippen LogP contribution in [0, 0.1) is 11.3 Å². The van der Waals surface area contributed by atoms with E-state index in [9.17, 15) is 0 Å². The molecule has 1 heteroatoms. The van der Waals surface area contributed by atoms with Crippen molar-refractivity contribution in [2.75, 3.05) is 0 Å². The molecule has 0 aromatic rings. The molecule has 0 saturated heterocycles. The molecule has 2 N–H and O–H groups in total. The molecule has 0 saturated carbocycles. The lowest BCUT2D eigenvalue weighted by Crippen LogP contribution is -2.32. The molecule has 0 radical (unpaired) electrons. The molecule has 0 heterocycles. The Kier molecular flexibility index (Phi) is 4.09. The van der Waals surface area contributed by atoms with E-state index in [1.165, 1.54) is 6.42 Å². The maximum Gasteiger partial charge on any atom is 0.00694 e. The zero-order valence-electron chi connectivity index (χ0n) is 8.65. The summed E-state index contributed by atoms with van der Waals surface area (Å²) >= 11 is 0. The van der Waals surface area contributed by atoms with Crippen molar-refractivity contribution in [2.24, 2.45) is 17.1 Å². The average Bonchev–Trinajstić information content (AvgIpc) is 1.82. The van der Waals surface area contributed by atoms with E-state index in [1.807, 2.05) is 0 Å². The summed E-state index contributed by atoms with van der Waals surface area (Å²) < 4.78 is 0. The summed E-state index contributed by atoms with van der Waals surface area (Å²) in [6, 6.07) is 0.375. The van der Waals surface area contributed by atoms with E-state index in [1.54, 1.807) is 0 Å². The first-order chi connectivity index (χ1) is 4.87. The van der Waals surface area contributed by atoms with Gasteiger partial charge in [-0.15, -0.1) is 0 Å². The van der Waals surface area contributed by atoms with Crippen molar-refractivity contribution in [3.05, 3.63) is 0 Å². The second kappa shape index (κ2) is 4.10. The summed E-state index contributed by atoms with van der Waals surface area (Å²) in [5.41, 5.74) is 6.39. The van der Waals surface area contributed by atoms with Crippen LogP contribution < -0.4 is 5.73 Å². The van der Waals surface area contributed by atoms with Gasteiger partial charge in [0.2, 0.25) is 0 Å². The molecule has 68 valence electrons. The Hall–Kier alpha value is -0.0400. The van der Waals surface area contributed by atoms with Gasteiger partial charge in [-0.3, -0.25) is 0 Å². The molecule has 0 rings (SSSR count). The summed E-state index contributed by atoms with van der Waals surface area (Å²) in [5.74, 6) is 0.661. The number of hydrogen-bond donors (Lipinski definition) is 1. The smallest absolute Gasteiger partial charge is 0.00694 e. The van der Waals surface area contributed by atoms with Gasteiger partial charge in [-0.25, -0.2) is 0 Å². The second-order valence-corrected chi connectivity index (χ2v) is 4.81. The van der Waals surface area contributed by atoms with Crippen LogP contribution in [-0.4, -0.2) is 6.04 Å². The molecule has 2 atom stereocenters. The maximum atomic E-state index is 6.01. The molecule has 1 nitrogen and oxygen atoms in total. The summed E-state index contributed by atoms with van der Waals surface area (Å²) in [6.07, 6.45) is 2.32. The van der Waals surface area contributed by atoms with E-state index < -0.39 is 0 Å². The summed E-state index contributed by atoms with van der Waals surface area (Å²) in [5, 5.41) is 0. The molecule has 11 heavy (non-hydrogen) atoms. The molecule has 0 aliphatic rings. The fourth-order valence-electron chi connectivity index (χ4n) is 1.21. The minimum atomic E-state index is 0.375. The highest BCUT2D eigenvalue weighted by molar-refractivity contribution is 4.74. The molecule has 0 aliphatic heterocycles. The first-order valence-electron chi connectivity index (χ1n) is 4.62. The van der Waals surface area contributed by atoms with E-state index in [0.29, 0.717) is 17.4 Å². The van der Waals surface area contributed by atoms with Crippen LogP contribution in [0.5, 0.6) is 0 Å². The topological polar surface area (TPSA) is 26.0 Å². The Morgan fingerprint density at radius 1 is 1.27 bits per heavy atom. The van der Waals surface area contributed by atoms with Gasteiger partial charge in [-0.05, 0) is 17.8 Å². The third-order valence-corrected chi connectivity index (χ3v) is 2.22. The van der Waals surface area contributed by atoms with Crippen LogP contribution in [0.15, 0.2) is 0 Å². The summed E-state index contributed by atoms with van der Waals surface area (Å²) in [6.45, 7) is 11.2. The molecule has 0 aromatic carbocycles. The number of nitrogens with two attached hydrogens (primary N) is 1. The molecule has 0 aromatic heterocycles. The zero-order valence-corrected chi connectivity index (χ0v) is 8.65. The third kappa shape index (κ3) is 5.25. The molecule has 0 spiro atoms. The van der Waals surface area contributed by atoms with Gasteiger partial charge in [-0.1, -0.05) is 41.0 Å². The number of hydrogen-bond acceptors (Lipinski definition) is 1. The van der Waals surface area contributed by atoms with Crippen molar-refractivity contribution < 1.29 is 0 Å². The van der Waals surface area contributed by atoms with Crippen LogP contribution in [0.25, 0.3) is 0 Å². The van der Waals surface area contributed by atoms with Gasteiger partial charge in [0.1, 0.15) is 0 Å². The van der Waals surface area contributed by atoms with Crippen molar-refractivity contribution in [3.63, 3.8) is 0 Å². The molecule has 0 aliphatic carbocycles. The summed E-state index contributed by atoms with van der Waals surface area (Å²) in [7, 11) is 0. The van der Waals surface area contributed by atoms with Gasteiger partial charge in [0.15, 0.2) is 0 Å². The second-order valence-electron chi connectivity index (χ2n) is 4.81. The summed E-state index contributed by atoms with van der Waals surface area (Å²) in [4.78, 5) is 0. The standard InChI is InChI=1S/C10H23N/c1-6-8(2)9(11)7-10(3,4)5/h8-9H,6-7,11H2,1-5H3/t8-,9+/m0/s1. The monoisotopic (exact) mass is 157 g/mol. The fraction of sp³-hybridized carbons (Fsp3) is 1.00. The highest BCUT2D eigenvalue weighted by Gasteiger charge is 2.18. The van der Waals surface area contributed by atoms with Crippen molar-refractivity contribution >= 4 is 0 Å². The molecular formula is C10H23N. The third-order valence-electron chi connectivity index (χ3n) is 2.22. The van der Waals surface area contributed by atoms with Gasteiger partial charge in [0.05, 0.1) is 0 Å². The quantitative estimate of drug-likeness (QED) is 0.670. The maximum absolute atomic E-state index is 6.01. The Morgan fingerprint density at radius 3 is 2.00 bits per heavy atom. The highest BCUT2D eigenvalue weighted by atomic mass is 14.6. The molecule has 0 bridgehead atoms. The van der Waals surface area contributed by atoms with Crippen LogP contribution in [0.4, 0.5) is 0 Å². The van der Waals surface area contributed by atoms with Crippen molar-refractivity contribution in [1.82, 2.24) is 0 Å². The van der Waals surface area contributed by atoms with E-state index in [-0.39, 0.29) is 0 Å². The first-order valence-corrected chi connectivity index (χ1v) is 4.62. The van der Waals surface area contributed by atoms with Crippen LogP contribution in [-0.2, 0) is 0 Å². The fourth-order valence-corrected chi connectivity index (χ4v) is 1.21. The lowest BCUT2D eigenvalue weighted by atomic mass is 9.83. The van der Waals surface area contributed by atoms with Gasteiger partial charge < -0.3 is 5.73 Å². The largest absolute Gasteiger partial charge is 0.327 e. The minimum Gasteiger partial charge on any atom is -0.327 e. The van der Waals surface area contributed by atoms with Crippen molar-refractivity contribution in [2.45, 2.75) is 53.5 Å². The minimum absolute atomic E-state index is 0.375. The normalized spacial score (nSPS) is 18.0. The Morgan fingerprint density at radius 2 is 1.73 bits per heavy atom. The van der Waals surface area contributed by atoms with Crippen molar-refractivity contribution in [1.29, 1.82) is 0 Å². The van der Waals surface area contributed by atoms with E-state index in [0.717, 1.165) is 6.42 Å². The van der Waals surface area contributed by atoms with Gasteiger partial charge in [0, 0.05) is 6.04 Å². The van der Waals surface area contributed by atoms with E-state index in [2.05, 4.69) is 34.6 Å². The van der Waals surface area contributed by atoms with Gasteiger partial charge in [-0.2, -0.15) is 0 Å². The Bertz CT molecular complexity index is 102. The van der Waals surface area contributed by atoms with E-state index >= 15 is 0 Å². The van der Waals surface area contributed by atoms with Gasteiger partial charge >= 0.3 is 0 Å². The lowest BCUT2D eigenvalue weighted by molar-refractivity contribution is 0.289. The molecule has 0 amide bonds. The van der Waals surface area contributed by atoms with Gasteiger partial charge in [0.25, 0.3) is 0 Å². The van der Waals surface area contributed by atoms with E-state index in [4.69, 9.17) is 5.73 Å². The van der Waals surface area contributed by atoms with Crippen LogP contribution in [0.3, 0.4) is 0 Å². The van der Waals surface area contributed by atoms with Crippen LogP contribution in [0.1, 0.15) is 47.5 Å². The lowest BCUT2D eigenvalue weighted by Gasteiger charge is -2.26. The molecular weight excluding hydrogens is 134 g/mol. The molecule has 0 fully saturated rings. The molecule has 0 unspecified atom stereocenters.